The van der Waals surface area contributed by atoms with E-state index >= 15 is 0 Å². The zero-order valence-electron chi connectivity index (χ0n) is 9.97. The van der Waals surface area contributed by atoms with Crippen LogP contribution in [0, 0.1) is 5.92 Å². The van der Waals surface area contributed by atoms with Crippen LogP contribution in [0.3, 0.4) is 0 Å². The average Bonchev–Trinajstić information content (AvgIpc) is 2.69. The second-order valence-electron chi connectivity index (χ2n) is 5.08. The summed E-state index contributed by atoms with van der Waals surface area (Å²) in [6.07, 6.45) is 3.98. The Morgan fingerprint density at radius 1 is 1.29 bits per heavy atom. The van der Waals surface area contributed by atoms with Gasteiger partial charge in [0, 0.05) is 10.1 Å². The van der Waals surface area contributed by atoms with Gasteiger partial charge in [0.15, 0.2) is 0 Å². The van der Waals surface area contributed by atoms with Crippen molar-refractivity contribution in [3.63, 3.8) is 0 Å². The Morgan fingerprint density at radius 3 is 2.88 bits per heavy atom. The van der Waals surface area contributed by atoms with E-state index < -0.39 is 0 Å². The van der Waals surface area contributed by atoms with E-state index in [0.29, 0.717) is 17.3 Å². The van der Waals surface area contributed by atoms with Gasteiger partial charge in [-0.1, -0.05) is 18.2 Å². The van der Waals surface area contributed by atoms with E-state index in [-0.39, 0.29) is 0 Å². The first-order valence-corrected chi connectivity index (χ1v) is 7.29. The van der Waals surface area contributed by atoms with Gasteiger partial charge in [0.25, 0.3) is 0 Å². The maximum atomic E-state index is 5.95. The smallest absolute Gasteiger partial charge is 0.0595 e. The number of thioether (sulfide) groups is 1. The highest BCUT2D eigenvalue weighted by Gasteiger charge is 2.30. The molecule has 17 heavy (non-hydrogen) atoms. The van der Waals surface area contributed by atoms with Crippen molar-refractivity contribution < 1.29 is 4.74 Å². The van der Waals surface area contributed by atoms with Crippen LogP contribution in [-0.2, 0) is 11.2 Å². The number of rotatable bonds is 4. The van der Waals surface area contributed by atoms with E-state index in [2.05, 4.69) is 24.3 Å². The van der Waals surface area contributed by atoms with Crippen LogP contribution in [0.15, 0.2) is 29.2 Å². The molecule has 0 bridgehead atoms. The topological polar surface area (TPSA) is 35.2 Å². The van der Waals surface area contributed by atoms with Crippen molar-refractivity contribution in [1.82, 2.24) is 0 Å². The van der Waals surface area contributed by atoms with Gasteiger partial charge in [-0.3, -0.25) is 0 Å². The first-order valence-electron chi connectivity index (χ1n) is 6.41. The molecule has 0 spiro atoms. The lowest BCUT2D eigenvalue weighted by molar-refractivity contribution is -0.0266. The number of benzene rings is 1. The molecule has 1 fully saturated rings. The molecule has 2 nitrogen and oxygen atoms in total. The van der Waals surface area contributed by atoms with Crippen molar-refractivity contribution in [1.29, 1.82) is 0 Å². The van der Waals surface area contributed by atoms with Crippen molar-refractivity contribution in [3.8, 4) is 0 Å². The zero-order valence-corrected chi connectivity index (χ0v) is 10.8. The molecular weight excluding hydrogens is 230 g/mol. The van der Waals surface area contributed by atoms with Crippen LogP contribution < -0.4 is 5.73 Å². The molecule has 1 atom stereocenters. The Labute approximate surface area is 107 Å². The minimum atomic E-state index is 0.480. The van der Waals surface area contributed by atoms with Gasteiger partial charge in [-0.05, 0) is 43.4 Å². The van der Waals surface area contributed by atoms with Crippen molar-refractivity contribution in [3.05, 3.63) is 29.8 Å². The first kappa shape index (κ1) is 11.6. The third-order valence-electron chi connectivity index (χ3n) is 3.76. The molecule has 1 aliphatic carbocycles. The summed E-state index contributed by atoms with van der Waals surface area (Å²) >= 11 is 1.97. The standard InChI is InChI=1S/C14H19NOS/c15-8-10-5-12(6-10)16-9-13-7-11-3-1-2-4-14(11)17-13/h1-4,10,12-13H,5-9,15H2. The fraction of sp³-hybridized carbons (Fsp3) is 0.571. The Bertz CT molecular complexity index is 365. The normalized spacial score (nSPS) is 31.0. The van der Waals surface area contributed by atoms with Crippen LogP contribution >= 0.6 is 11.8 Å². The molecule has 1 heterocycles. The molecule has 2 N–H and O–H groups in total. The third-order valence-corrected chi connectivity index (χ3v) is 5.05. The lowest BCUT2D eigenvalue weighted by Gasteiger charge is -2.34. The summed E-state index contributed by atoms with van der Waals surface area (Å²) in [5.74, 6) is 0.716. The summed E-state index contributed by atoms with van der Waals surface area (Å²) in [5, 5.41) is 0.615. The second kappa shape index (κ2) is 5.01. The van der Waals surface area contributed by atoms with E-state index in [1.807, 2.05) is 11.8 Å². The molecule has 3 heteroatoms. The van der Waals surface area contributed by atoms with E-state index in [9.17, 15) is 0 Å². The van der Waals surface area contributed by atoms with Gasteiger partial charge in [0.1, 0.15) is 0 Å². The Kier molecular flexibility index (Phi) is 3.41. The molecule has 0 saturated heterocycles. The fourth-order valence-electron chi connectivity index (χ4n) is 2.59. The average molecular weight is 249 g/mol. The van der Waals surface area contributed by atoms with Crippen LogP contribution in [0.4, 0.5) is 0 Å². The van der Waals surface area contributed by atoms with E-state index in [0.717, 1.165) is 19.6 Å². The molecule has 92 valence electrons. The summed E-state index contributed by atoms with van der Waals surface area (Å²) in [5.41, 5.74) is 7.10. The van der Waals surface area contributed by atoms with Crippen LogP contribution in [0.1, 0.15) is 18.4 Å². The van der Waals surface area contributed by atoms with Crippen LogP contribution in [-0.4, -0.2) is 24.5 Å². The molecular formula is C14H19NOS. The number of nitrogens with two attached hydrogens (primary N) is 1. The predicted molar refractivity (Wildman–Crippen MR) is 71.3 cm³/mol. The lowest BCUT2D eigenvalue weighted by Crippen LogP contribution is -2.37. The van der Waals surface area contributed by atoms with Crippen LogP contribution in [0.5, 0.6) is 0 Å². The summed E-state index contributed by atoms with van der Waals surface area (Å²) in [4.78, 5) is 1.44. The number of hydrogen-bond donors (Lipinski definition) is 1. The molecule has 0 amide bonds. The summed E-state index contributed by atoms with van der Waals surface area (Å²) in [7, 11) is 0. The van der Waals surface area contributed by atoms with E-state index in [4.69, 9.17) is 10.5 Å². The minimum Gasteiger partial charge on any atom is -0.377 e. The largest absolute Gasteiger partial charge is 0.377 e. The van der Waals surface area contributed by atoms with Gasteiger partial charge >= 0.3 is 0 Å². The van der Waals surface area contributed by atoms with Gasteiger partial charge in [-0.25, -0.2) is 0 Å². The van der Waals surface area contributed by atoms with Gasteiger partial charge in [-0.2, -0.15) is 0 Å². The minimum absolute atomic E-state index is 0.480. The Hall–Kier alpha value is -0.510. The lowest BCUT2D eigenvalue weighted by atomic mass is 9.82. The number of ether oxygens (including phenoxy) is 1. The Balaban J connectivity index is 1.44. The van der Waals surface area contributed by atoms with Crippen molar-refractivity contribution >= 4 is 11.8 Å². The van der Waals surface area contributed by atoms with Crippen LogP contribution in [0.25, 0.3) is 0 Å². The first-order chi connectivity index (χ1) is 8.35. The third kappa shape index (κ3) is 2.51. The van der Waals surface area contributed by atoms with Crippen LogP contribution in [0.2, 0.25) is 0 Å². The summed E-state index contributed by atoms with van der Waals surface area (Å²) in [6, 6.07) is 8.69. The molecule has 1 saturated carbocycles. The van der Waals surface area contributed by atoms with Gasteiger partial charge in [0.05, 0.1) is 12.7 Å². The monoisotopic (exact) mass is 249 g/mol. The molecule has 1 aromatic carbocycles. The highest BCUT2D eigenvalue weighted by Crippen LogP contribution is 2.38. The quantitative estimate of drug-likeness (QED) is 0.890. The molecule has 1 unspecified atom stereocenters. The van der Waals surface area contributed by atoms with Crippen molar-refractivity contribution in [2.75, 3.05) is 13.2 Å². The van der Waals surface area contributed by atoms with Crippen molar-refractivity contribution in [2.45, 2.75) is 35.5 Å². The maximum absolute atomic E-state index is 5.95. The van der Waals surface area contributed by atoms with Gasteiger partial charge in [0.2, 0.25) is 0 Å². The summed E-state index contributed by atoms with van der Waals surface area (Å²) in [6.45, 7) is 1.71. The molecule has 3 rings (SSSR count). The molecule has 0 radical (unpaired) electrons. The maximum Gasteiger partial charge on any atom is 0.0595 e. The summed E-state index contributed by atoms with van der Waals surface area (Å²) < 4.78 is 5.95. The molecule has 0 aromatic heterocycles. The number of fused-ring (bicyclic) bond motifs is 1. The second-order valence-corrected chi connectivity index (χ2v) is 6.42. The number of hydrogen-bond acceptors (Lipinski definition) is 3. The van der Waals surface area contributed by atoms with Gasteiger partial charge < -0.3 is 10.5 Å². The predicted octanol–water partition coefficient (Wildman–Crippen LogP) is 2.46. The van der Waals surface area contributed by atoms with E-state index in [1.54, 1.807) is 0 Å². The highest BCUT2D eigenvalue weighted by molar-refractivity contribution is 8.00. The SMILES string of the molecule is NCC1CC(OCC2Cc3ccccc3S2)C1. The molecule has 1 aliphatic heterocycles. The Morgan fingerprint density at radius 2 is 2.12 bits per heavy atom. The fourth-order valence-corrected chi connectivity index (χ4v) is 3.82. The molecule has 2 aliphatic rings. The highest BCUT2D eigenvalue weighted by atomic mass is 32.2. The van der Waals surface area contributed by atoms with E-state index in [1.165, 1.54) is 23.3 Å². The zero-order chi connectivity index (χ0) is 11.7. The van der Waals surface area contributed by atoms with Gasteiger partial charge in [-0.15, -0.1) is 11.8 Å². The molecule has 1 aromatic rings. The van der Waals surface area contributed by atoms with Crippen molar-refractivity contribution in [2.24, 2.45) is 11.7 Å².